The van der Waals surface area contributed by atoms with E-state index < -0.39 is 23.5 Å². The minimum absolute atomic E-state index is 0.00100. The Hall–Kier alpha value is -3.94. The van der Waals surface area contributed by atoms with E-state index in [9.17, 15) is 14.7 Å². The van der Waals surface area contributed by atoms with Crippen molar-refractivity contribution in [1.29, 1.82) is 0 Å². The number of amides is 1. The summed E-state index contributed by atoms with van der Waals surface area (Å²) < 4.78 is 6.64. The number of unbranched alkanes of at least 4 members (excludes halogenated alkanes) is 2. The van der Waals surface area contributed by atoms with Crippen molar-refractivity contribution in [3.05, 3.63) is 106 Å². The number of ether oxygens (including phenoxy) is 1. The lowest BCUT2D eigenvalue weighted by Gasteiger charge is -2.24. The van der Waals surface area contributed by atoms with E-state index in [0.717, 1.165) is 29.5 Å². The van der Waals surface area contributed by atoms with E-state index in [4.69, 9.17) is 16.3 Å². The fourth-order valence-corrected chi connectivity index (χ4v) is 5.74. The number of benzene rings is 3. The number of hydrogen-bond acceptors (Lipinski definition) is 6. The summed E-state index contributed by atoms with van der Waals surface area (Å²) >= 11 is 7.44. The number of hydrogen-bond donors (Lipinski definition) is 1. The van der Waals surface area contributed by atoms with Crippen molar-refractivity contribution in [3.8, 4) is 5.75 Å². The summed E-state index contributed by atoms with van der Waals surface area (Å²) in [4.78, 5) is 32.9. The quantitative estimate of drug-likeness (QED) is 0.159. The van der Waals surface area contributed by atoms with Gasteiger partial charge in [0.1, 0.15) is 5.75 Å². The normalized spacial score (nSPS) is 15.6. The first-order chi connectivity index (χ1) is 19.0. The molecule has 1 N–H and O–H groups in total. The number of fused-ring (bicyclic) bond motifs is 1. The molecule has 0 fully saturated rings. The first kappa shape index (κ1) is 26.7. The van der Waals surface area contributed by atoms with Gasteiger partial charge in [-0.05, 0) is 54.0 Å². The highest BCUT2D eigenvalue weighted by atomic mass is 35.5. The van der Waals surface area contributed by atoms with Gasteiger partial charge in [0, 0.05) is 5.02 Å². The highest BCUT2D eigenvalue weighted by Gasteiger charge is 2.45. The first-order valence-electron chi connectivity index (χ1n) is 12.8. The summed E-state index contributed by atoms with van der Waals surface area (Å²) in [6.45, 7) is 2.75. The predicted octanol–water partition coefficient (Wildman–Crippen LogP) is 7.70. The molecule has 1 aromatic heterocycles. The monoisotopic (exact) mass is 558 g/mol. The topological polar surface area (TPSA) is 79.7 Å². The van der Waals surface area contributed by atoms with E-state index in [1.165, 1.54) is 22.3 Å². The molecule has 3 aromatic carbocycles. The lowest BCUT2D eigenvalue weighted by molar-refractivity contribution is -0.117. The summed E-state index contributed by atoms with van der Waals surface area (Å²) in [6, 6.07) is 21.1. The van der Waals surface area contributed by atoms with Crippen LogP contribution in [-0.4, -0.2) is 28.4 Å². The van der Waals surface area contributed by atoms with Gasteiger partial charge in [0.15, 0.2) is 16.7 Å². The van der Waals surface area contributed by atoms with E-state index >= 15 is 0 Å². The molecular formula is C31H27ClN2O4S. The van der Waals surface area contributed by atoms with Crippen LogP contribution in [0.4, 0.5) is 5.13 Å². The Bertz CT molecular complexity index is 1560. The van der Waals surface area contributed by atoms with Gasteiger partial charge in [0.05, 0.1) is 28.4 Å². The number of thiazole rings is 1. The lowest BCUT2D eigenvalue weighted by Crippen LogP contribution is -2.30. The third-order valence-electron chi connectivity index (χ3n) is 6.46. The van der Waals surface area contributed by atoms with Crippen LogP contribution in [0.15, 0.2) is 90.2 Å². The van der Waals surface area contributed by atoms with Gasteiger partial charge in [-0.3, -0.25) is 14.5 Å². The van der Waals surface area contributed by atoms with Crippen molar-refractivity contribution < 1.29 is 19.4 Å². The molecule has 198 valence electrons. The van der Waals surface area contributed by atoms with Crippen LogP contribution < -0.4 is 9.64 Å². The van der Waals surface area contributed by atoms with Gasteiger partial charge in [-0.1, -0.05) is 91.2 Å². The maximum absolute atomic E-state index is 13.5. The zero-order chi connectivity index (χ0) is 27.4. The molecule has 0 saturated carbocycles. The fraction of sp³-hybridized carbons (Fsp3) is 0.194. The Morgan fingerprint density at radius 2 is 1.87 bits per heavy atom. The number of carbonyl (C=O) groups is 2. The second-order valence-electron chi connectivity index (χ2n) is 9.18. The van der Waals surface area contributed by atoms with Gasteiger partial charge >= 0.3 is 0 Å². The second-order valence-corrected chi connectivity index (χ2v) is 10.6. The Kier molecular flexibility index (Phi) is 8.10. The van der Waals surface area contributed by atoms with Crippen LogP contribution in [0.3, 0.4) is 0 Å². The maximum Gasteiger partial charge on any atom is 0.296 e. The number of rotatable bonds is 10. The number of allylic oxidation sites excluding steroid dienone is 1. The van der Waals surface area contributed by atoms with Crippen molar-refractivity contribution in [2.75, 3.05) is 11.5 Å². The van der Waals surface area contributed by atoms with Crippen LogP contribution in [0.5, 0.6) is 5.75 Å². The minimum atomic E-state index is -0.865. The molecule has 1 aliphatic rings. The van der Waals surface area contributed by atoms with Crippen molar-refractivity contribution in [1.82, 2.24) is 4.98 Å². The molecule has 1 atom stereocenters. The van der Waals surface area contributed by atoms with Crippen LogP contribution in [0.25, 0.3) is 16.3 Å². The molecule has 0 saturated heterocycles. The molecule has 0 aliphatic carbocycles. The second kappa shape index (κ2) is 11.8. The number of aromatic nitrogens is 1. The maximum atomic E-state index is 13.5. The lowest BCUT2D eigenvalue weighted by atomic mass is 9.95. The molecule has 5 rings (SSSR count). The van der Waals surface area contributed by atoms with Gasteiger partial charge in [0.2, 0.25) is 0 Å². The van der Waals surface area contributed by atoms with Crippen LogP contribution in [0.1, 0.15) is 43.4 Å². The molecule has 1 aliphatic heterocycles. The number of carbonyl (C=O) groups excluding carboxylic acids is 2. The van der Waals surface area contributed by atoms with Crippen LogP contribution in [0, 0.1) is 0 Å². The molecule has 0 radical (unpaired) electrons. The Morgan fingerprint density at radius 3 is 2.62 bits per heavy atom. The number of halogens is 1. The standard InChI is InChI=1S/C31H27ClN2O4S/c1-2-3-7-18-38-23-14-11-21(12-15-23)28-27(25(35)17-10-20-8-5-4-6-9-20)29(36)30(37)34(28)31-33-24-16-13-22(32)19-26(24)39-31/h4-6,8-17,19,28,36H,2-3,7,18H2,1H3. The number of aliphatic hydroxyl groups excluding tert-OH is 1. The number of aliphatic hydroxyl groups is 1. The van der Waals surface area contributed by atoms with Gasteiger partial charge in [-0.2, -0.15) is 0 Å². The third-order valence-corrected chi connectivity index (χ3v) is 7.71. The van der Waals surface area contributed by atoms with Gasteiger partial charge in [-0.15, -0.1) is 0 Å². The number of anilines is 1. The van der Waals surface area contributed by atoms with Gasteiger partial charge < -0.3 is 9.84 Å². The fourth-order valence-electron chi connectivity index (χ4n) is 4.47. The smallest absolute Gasteiger partial charge is 0.296 e. The van der Waals surface area contributed by atoms with E-state index in [0.29, 0.717) is 33.6 Å². The molecule has 1 unspecified atom stereocenters. The summed E-state index contributed by atoms with van der Waals surface area (Å²) in [7, 11) is 0. The van der Waals surface area contributed by atoms with Crippen molar-refractivity contribution in [2.45, 2.75) is 32.2 Å². The molecule has 6 nitrogen and oxygen atoms in total. The van der Waals surface area contributed by atoms with E-state index in [1.807, 2.05) is 54.6 Å². The molecule has 4 aromatic rings. The molecule has 0 spiro atoms. The van der Waals surface area contributed by atoms with Crippen molar-refractivity contribution >= 4 is 56.1 Å². The van der Waals surface area contributed by atoms with Gasteiger partial charge in [0.25, 0.3) is 5.91 Å². The number of nitrogens with zero attached hydrogens (tertiary/aromatic N) is 2. The molecular weight excluding hydrogens is 532 g/mol. The van der Waals surface area contributed by atoms with Crippen LogP contribution >= 0.6 is 22.9 Å². The Balaban J connectivity index is 1.52. The minimum Gasteiger partial charge on any atom is -0.503 e. The van der Waals surface area contributed by atoms with E-state index in [1.54, 1.807) is 24.3 Å². The summed E-state index contributed by atoms with van der Waals surface area (Å²) in [5.41, 5.74) is 2.16. The summed E-state index contributed by atoms with van der Waals surface area (Å²) in [6.07, 6.45) is 6.22. The molecule has 1 amide bonds. The zero-order valence-corrected chi connectivity index (χ0v) is 22.9. The SMILES string of the molecule is CCCCCOc1ccc(C2C(C(=O)C=Cc3ccccc3)=C(O)C(=O)N2c2nc3ccc(Cl)cc3s2)cc1. The Labute approximate surface area is 235 Å². The van der Waals surface area contributed by atoms with Crippen molar-refractivity contribution in [3.63, 3.8) is 0 Å². The highest BCUT2D eigenvalue weighted by molar-refractivity contribution is 7.22. The van der Waals surface area contributed by atoms with Crippen molar-refractivity contribution in [2.24, 2.45) is 0 Å². The average molecular weight is 559 g/mol. The summed E-state index contributed by atoms with van der Waals surface area (Å²) in [5.74, 6) is -1.02. The number of ketones is 1. The highest BCUT2D eigenvalue weighted by Crippen LogP contribution is 2.44. The predicted molar refractivity (Wildman–Crippen MR) is 156 cm³/mol. The van der Waals surface area contributed by atoms with Crippen LogP contribution in [0.2, 0.25) is 5.02 Å². The molecule has 39 heavy (non-hydrogen) atoms. The van der Waals surface area contributed by atoms with E-state index in [2.05, 4.69) is 11.9 Å². The average Bonchev–Trinajstić information content (AvgIpc) is 3.48. The Morgan fingerprint density at radius 1 is 1.10 bits per heavy atom. The first-order valence-corrected chi connectivity index (χ1v) is 14.0. The largest absolute Gasteiger partial charge is 0.503 e. The molecule has 2 heterocycles. The van der Waals surface area contributed by atoms with Crippen LogP contribution in [-0.2, 0) is 9.59 Å². The third kappa shape index (κ3) is 5.75. The molecule has 8 heteroatoms. The van der Waals surface area contributed by atoms with Gasteiger partial charge in [-0.25, -0.2) is 4.98 Å². The van der Waals surface area contributed by atoms with E-state index in [-0.39, 0.29) is 5.57 Å². The molecule has 0 bridgehead atoms. The zero-order valence-electron chi connectivity index (χ0n) is 21.3. The summed E-state index contributed by atoms with van der Waals surface area (Å²) in [5, 5.41) is 11.9.